The van der Waals surface area contributed by atoms with E-state index in [0.29, 0.717) is 17.1 Å². The van der Waals surface area contributed by atoms with E-state index < -0.39 is 11.1 Å². The summed E-state index contributed by atoms with van der Waals surface area (Å²) >= 11 is 7.15. The van der Waals surface area contributed by atoms with Crippen molar-refractivity contribution in [2.24, 2.45) is 0 Å². The molecular formula is C21H15ClFNO4S. The van der Waals surface area contributed by atoms with E-state index in [9.17, 15) is 14.0 Å². The molecule has 2 aromatic carbocycles. The third-order valence-corrected chi connectivity index (χ3v) is 5.16. The van der Waals surface area contributed by atoms with Gasteiger partial charge in [-0.1, -0.05) is 29.7 Å². The largest absolute Gasteiger partial charge is 0.493 e. The van der Waals surface area contributed by atoms with Crippen LogP contribution in [0, 0.1) is 18.2 Å². The summed E-state index contributed by atoms with van der Waals surface area (Å²) in [6.07, 6.45) is 6.73. The molecule has 0 atom stereocenters. The van der Waals surface area contributed by atoms with Crippen molar-refractivity contribution in [2.75, 3.05) is 13.7 Å². The summed E-state index contributed by atoms with van der Waals surface area (Å²) in [4.78, 5) is 25.4. The van der Waals surface area contributed by atoms with E-state index in [1.807, 2.05) is 0 Å². The fourth-order valence-corrected chi connectivity index (χ4v) is 3.69. The Morgan fingerprint density at radius 3 is 2.66 bits per heavy atom. The van der Waals surface area contributed by atoms with E-state index in [1.165, 1.54) is 19.2 Å². The number of hydrogen-bond acceptors (Lipinski definition) is 5. The van der Waals surface area contributed by atoms with Crippen LogP contribution in [0.4, 0.5) is 9.18 Å². The van der Waals surface area contributed by atoms with Crippen LogP contribution in [0.5, 0.6) is 11.5 Å². The van der Waals surface area contributed by atoms with Gasteiger partial charge >= 0.3 is 0 Å². The highest BCUT2D eigenvalue weighted by Gasteiger charge is 2.34. The standard InChI is InChI=1S/C21H15ClFNO4S/c1-3-8-24-20(25)18(29-21(24)26)11-14-9-16(22)19(17(10-14)27-2)28-12-13-4-6-15(23)7-5-13/h1,4-7,9-11H,8,12H2,2H3/b18-11+. The minimum absolute atomic E-state index is 0.0811. The first-order valence-corrected chi connectivity index (χ1v) is 9.56. The lowest BCUT2D eigenvalue weighted by atomic mass is 10.1. The van der Waals surface area contributed by atoms with Gasteiger partial charge in [0, 0.05) is 0 Å². The number of carbonyl (C=O) groups excluding carboxylic acids is 2. The zero-order valence-corrected chi connectivity index (χ0v) is 16.8. The Labute approximate surface area is 176 Å². The fourth-order valence-electron chi connectivity index (χ4n) is 2.58. The molecule has 0 N–H and O–H groups in total. The average molecular weight is 432 g/mol. The summed E-state index contributed by atoms with van der Waals surface area (Å²) in [6, 6.07) is 9.13. The number of carbonyl (C=O) groups is 2. The Bertz CT molecular complexity index is 1030. The maximum atomic E-state index is 13.0. The number of amides is 2. The van der Waals surface area contributed by atoms with Gasteiger partial charge in [-0.25, -0.2) is 4.39 Å². The molecule has 148 valence electrons. The second kappa shape index (κ2) is 9.03. The number of nitrogens with zero attached hydrogens (tertiary/aromatic N) is 1. The molecule has 0 aromatic heterocycles. The normalized spacial score (nSPS) is 15.0. The van der Waals surface area contributed by atoms with Crippen molar-refractivity contribution in [3.05, 3.63) is 63.3 Å². The van der Waals surface area contributed by atoms with Crippen molar-refractivity contribution in [3.63, 3.8) is 0 Å². The average Bonchev–Trinajstić information content (AvgIpc) is 2.96. The highest BCUT2D eigenvalue weighted by molar-refractivity contribution is 8.18. The van der Waals surface area contributed by atoms with Gasteiger partial charge in [0.2, 0.25) is 0 Å². The van der Waals surface area contributed by atoms with Crippen molar-refractivity contribution in [2.45, 2.75) is 6.61 Å². The second-order valence-corrected chi connectivity index (χ2v) is 7.32. The molecule has 0 unspecified atom stereocenters. The van der Waals surface area contributed by atoms with E-state index in [1.54, 1.807) is 30.3 Å². The molecule has 0 aliphatic carbocycles. The van der Waals surface area contributed by atoms with Crippen LogP contribution in [0.25, 0.3) is 6.08 Å². The van der Waals surface area contributed by atoms with Gasteiger partial charge in [-0.3, -0.25) is 14.5 Å². The van der Waals surface area contributed by atoms with Gasteiger partial charge in [0.15, 0.2) is 11.5 Å². The number of benzene rings is 2. The zero-order chi connectivity index (χ0) is 21.0. The smallest absolute Gasteiger partial charge is 0.294 e. The first-order chi connectivity index (χ1) is 13.9. The molecule has 5 nitrogen and oxygen atoms in total. The number of rotatable bonds is 6. The van der Waals surface area contributed by atoms with Crippen LogP contribution < -0.4 is 9.47 Å². The van der Waals surface area contributed by atoms with Crippen LogP contribution in [0.15, 0.2) is 41.3 Å². The van der Waals surface area contributed by atoms with E-state index in [0.717, 1.165) is 22.2 Å². The molecule has 0 radical (unpaired) electrons. The highest BCUT2D eigenvalue weighted by Crippen LogP contribution is 2.39. The first kappa shape index (κ1) is 20.8. The predicted octanol–water partition coefficient (Wildman–Crippen LogP) is 4.74. The second-order valence-electron chi connectivity index (χ2n) is 5.92. The van der Waals surface area contributed by atoms with E-state index in [-0.39, 0.29) is 28.9 Å². The molecular weight excluding hydrogens is 417 g/mol. The van der Waals surface area contributed by atoms with Gasteiger partial charge < -0.3 is 9.47 Å². The van der Waals surface area contributed by atoms with Gasteiger partial charge in [-0.2, -0.15) is 0 Å². The number of imide groups is 1. The topological polar surface area (TPSA) is 55.8 Å². The molecule has 1 aliphatic rings. The van der Waals surface area contributed by atoms with E-state index >= 15 is 0 Å². The molecule has 2 amide bonds. The maximum absolute atomic E-state index is 13.0. The Kier molecular flexibility index (Phi) is 6.47. The Balaban J connectivity index is 1.83. The number of methoxy groups -OCH3 is 1. The minimum Gasteiger partial charge on any atom is -0.493 e. The summed E-state index contributed by atoms with van der Waals surface area (Å²) in [7, 11) is 1.46. The van der Waals surface area contributed by atoms with Crippen LogP contribution in [0.3, 0.4) is 0 Å². The molecule has 1 aliphatic heterocycles. The third kappa shape index (κ3) is 4.73. The Morgan fingerprint density at radius 1 is 1.28 bits per heavy atom. The van der Waals surface area contributed by atoms with Gasteiger partial charge in [0.25, 0.3) is 11.1 Å². The number of terminal acetylenes is 1. The van der Waals surface area contributed by atoms with Gasteiger partial charge in [0.05, 0.1) is 23.6 Å². The van der Waals surface area contributed by atoms with Crippen LogP contribution in [0.1, 0.15) is 11.1 Å². The first-order valence-electron chi connectivity index (χ1n) is 8.36. The maximum Gasteiger partial charge on any atom is 0.294 e. The summed E-state index contributed by atoms with van der Waals surface area (Å²) < 4.78 is 24.1. The van der Waals surface area contributed by atoms with Crippen molar-refractivity contribution in [1.82, 2.24) is 4.90 Å². The van der Waals surface area contributed by atoms with E-state index in [4.69, 9.17) is 27.5 Å². The minimum atomic E-state index is -0.454. The molecule has 0 saturated carbocycles. The molecule has 3 rings (SSSR count). The molecule has 2 aromatic rings. The van der Waals surface area contributed by atoms with Gasteiger partial charge in [-0.15, -0.1) is 6.42 Å². The lowest BCUT2D eigenvalue weighted by Gasteiger charge is -2.13. The quantitative estimate of drug-likeness (QED) is 0.488. The van der Waals surface area contributed by atoms with Crippen molar-refractivity contribution in [1.29, 1.82) is 0 Å². The molecule has 0 bridgehead atoms. The molecule has 0 spiro atoms. The number of thioether (sulfide) groups is 1. The Morgan fingerprint density at radius 2 is 2.00 bits per heavy atom. The molecule has 8 heteroatoms. The van der Waals surface area contributed by atoms with Crippen LogP contribution in [-0.2, 0) is 11.4 Å². The third-order valence-electron chi connectivity index (χ3n) is 3.97. The predicted molar refractivity (Wildman–Crippen MR) is 110 cm³/mol. The monoisotopic (exact) mass is 431 g/mol. The SMILES string of the molecule is C#CCN1C(=O)S/C(=C/c2cc(Cl)c(OCc3ccc(F)cc3)c(OC)c2)C1=O. The summed E-state index contributed by atoms with van der Waals surface area (Å²) in [5.41, 5.74) is 1.32. The lowest BCUT2D eigenvalue weighted by molar-refractivity contribution is -0.122. The van der Waals surface area contributed by atoms with Gasteiger partial charge in [0.1, 0.15) is 12.4 Å². The summed E-state index contributed by atoms with van der Waals surface area (Å²) in [6.45, 7) is 0.0862. The summed E-state index contributed by atoms with van der Waals surface area (Å²) in [5, 5.41) is -0.155. The number of halogens is 2. The van der Waals surface area contributed by atoms with Crippen LogP contribution in [-0.4, -0.2) is 29.7 Å². The van der Waals surface area contributed by atoms with Crippen molar-refractivity contribution >= 4 is 40.6 Å². The van der Waals surface area contributed by atoms with Gasteiger partial charge in [-0.05, 0) is 53.2 Å². The van der Waals surface area contributed by atoms with Crippen molar-refractivity contribution in [3.8, 4) is 23.8 Å². The number of hydrogen-bond donors (Lipinski definition) is 0. The molecule has 1 fully saturated rings. The van der Waals surface area contributed by atoms with Crippen LogP contribution in [0.2, 0.25) is 5.02 Å². The summed E-state index contributed by atoms with van der Waals surface area (Å²) in [5.74, 6) is 2.17. The fraction of sp³-hybridized carbons (Fsp3) is 0.143. The van der Waals surface area contributed by atoms with E-state index in [2.05, 4.69) is 5.92 Å². The highest BCUT2D eigenvalue weighted by atomic mass is 35.5. The van der Waals surface area contributed by atoms with Crippen molar-refractivity contribution < 1.29 is 23.5 Å². The molecule has 29 heavy (non-hydrogen) atoms. The number of ether oxygens (including phenoxy) is 2. The molecule has 1 saturated heterocycles. The Hall–Kier alpha value is -2.95. The molecule has 1 heterocycles. The zero-order valence-electron chi connectivity index (χ0n) is 15.3. The lowest BCUT2D eigenvalue weighted by Crippen LogP contribution is -2.28. The van der Waals surface area contributed by atoms with Crippen LogP contribution >= 0.6 is 23.4 Å².